The Bertz CT molecular complexity index is 247. The van der Waals surface area contributed by atoms with E-state index in [9.17, 15) is 9.59 Å². The number of hydrogen-bond acceptors (Lipinski definition) is 3. The Balaban J connectivity index is 2.16. The van der Waals surface area contributed by atoms with Gasteiger partial charge in [0.25, 0.3) is 0 Å². The fourth-order valence-electron chi connectivity index (χ4n) is 1.69. The lowest BCUT2D eigenvalue weighted by atomic mass is 10.1. The molecule has 0 bridgehead atoms. The van der Waals surface area contributed by atoms with Crippen LogP contribution in [0.2, 0.25) is 0 Å². The van der Waals surface area contributed by atoms with Crippen LogP contribution in [0.5, 0.6) is 0 Å². The smallest absolute Gasteiger partial charge is 0.216 e. The number of carbonyl (C=O) groups is 1. The number of nitrogens with zero attached hydrogens (tertiary/aromatic N) is 1. The van der Waals surface area contributed by atoms with Gasteiger partial charge < -0.3 is 10.2 Å². The van der Waals surface area contributed by atoms with Crippen molar-refractivity contribution in [2.24, 2.45) is 5.92 Å². The van der Waals surface area contributed by atoms with Crippen LogP contribution in [0.4, 0.5) is 0 Å². The number of nitrogens with one attached hydrogen (secondary N) is 1. The Morgan fingerprint density at radius 2 is 2.50 bits per heavy atom. The maximum Gasteiger partial charge on any atom is 0.216 e. The molecule has 0 spiro atoms. The second-order valence-corrected chi connectivity index (χ2v) is 3.62. The van der Waals surface area contributed by atoms with Crippen molar-refractivity contribution in [2.75, 3.05) is 26.2 Å². The molecule has 1 atom stereocenters. The van der Waals surface area contributed by atoms with Crippen LogP contribution in [-0.4, -0.2) is 42.9 Å². The third kappa shape index (κ3) is 3.73. The van der Waals surface area contributed by atoms with Crippen molar-refractivity contribution in [3.63, 3.8) is 0 Å². The normalized spacial score (nSPS) is 21.6. The quantitative estimate of drug-likeness (QED) is 0.635. The van der Waals surface area contributed by atoms with Gasteiger partial charge in [-0.15, -0.1) is 0 Å². The first-order valence-electron chi connectivity index (χ1n) is 4.90. The molecule has 0 aromatic rings. The molecule has 4 nitrogen and oxygen atoms in total. The summed E-state index contributed by atoms with van der Waals surface area (Å²) in [5.41, 5.74) is 0. The molecule has 4 heteroatoms. The molecule has 1 N–H and O–H groups in total. The minimum absolute atomic E-state index is 0.00790. The molecule has 0 saturated carbocycles. The summed E-state index contributed by atoms with van der Waals surface area (Å²) in [5.74, 6) is 2.19. The van der Waals surface area contributed by atoms with Crippen LogP contribution in [0.3, 0.4) is 0 Å². The van der Waals surface area contributed by atoms with Gasteiger partial charge in [0.1, 0.15) is 5.94 Å². The van der Waals surface area contributed by atoms with Crippen molar-refractivity contribution in [3.05, 3.63) is 6.08 Å². The summed E-state index contributed by atoms with van der Waals surface area (Å²) in [7, 11) is 0. The summed E-state index contributed by atoms with van der Waals surface area (Å²) in [6.07, 6.45) is 2.62. The monoisotopic (exact) mass is 196 g/mol. The highest BCUT2D eigenvalue weighted by Crippen LogP contribution is 2.15. The van der Waals surface area contributed by atoms with Crippen LogP contribution in [-0.2, 0) is 9.59 Å². The first-order chi connectivity index (χ1) is 6.72. The number of likely N-dealkylation sites (tertiary alicyclic amines) is 1. The fourth-order valence-corrected chi connectivity index (χ4v) is 1.69. The summed E-state index contributed by atoms with van der Waals surface area (Å²) >= 11 is 0. The number of amides is 1. The molecule has 1 saturated heterocycles. The SMILES string of the molecule is CC(=O)NCCN1CCC(C=C=O)C1. The van der Waals surface area contributed by atoms with E-state index in [4.69, 9.17) is 0 Å². The van der Waals surface area contributed by atoms with Crippen LogP contribution in [0.15, 0.2) is 6.08 Å². The third-order valence-electron chi connectivity index (χ3n) is 2.41. The van der Waals surface area contributed by atoms with Gasteiger partial charge in [-0.2, -0.15) is 0 Å². The van der Waals surface area contributed by atoms with Gasteiger partial charge in [-0.25, -0.2) is 4.79 Å². The minimum Gasteiger partial charge on any atom is -0.355 e. The summed E-state index contributed by atoms with van der Waals surface area (Å²) in [6, 6.07) is 0. The molecule has 1 heterocycles. The maximum atomic E-state index is 10.6. The largest absolute Gasteiger partial charge is 0.355 e. The second-order valence-electron chi connectivity index (χ2n) is 3.62. The van der Waals surface area contributed by atoms with E-state index in [-0.39, 0.29) is 5.91 Å². The average molecular weight is 196 g/mol. The van der Waals surface area contributed by atoms with Crippen molar-refractivity contribution in [1.82, 2.24) is 10.2 Å². The molecule has 1 aliphatic heterocycles. The molecular formula is C10H16N2O2. The van der Waals surface area contributed by atoms with E-state index in [1.807, 2.05) is 5.94 Å². The Kier molecular flexibility index (Phi) is 4.36. The van der Waals surface area contributed by atoms with Gasteiger partial charge in [-0.05, 0) is 13.0 Å². The van der Waals surface area contributed by atoms with E-state index >= 15 is 0 Å². The van der Waals surface area contributed by atoms with Gasteiger partial charge in [-0.1, -0.05) is 0 Å². The molecule has 0 aromatic heterocycles. The van der Waals surface area contributed by atoms with Crippen molar-refractivity contribution in [3.8, 4) is 0 Å². The van der Waals surface area contributed by atoms with Crippen LogP contribution in [0.25, 0.3) is 0 Å². The predicted molar refractivity (Wildman–Crippen MR) is 53.5 cm³/mol. The van der Waals surface area contributed by atoms with Gasteiger partial charge in [0.15, 0.2) is 0 Å². The second kappa shape index (κ2) is 5.58. The van der Waals surface area contributed by atoms with E-state index in [1.54, 1.807) is 6.08 Å². The lowest BCUT2D eigenvalue weighted by molar-refractivity contribution is -0.119. The lowest BCUT2D eigenvalue weighted by Gasteiger charge is -2.14. The van der Waals surface area contributed by atoms with E-state index in [0.29, 0.717) is 12.5 Å². The van der Waals surface area contributed by atoms with Crippen molar-refractivity contribution in [2.45, 2.75) is 13.3 Å². The maximum absolute atomic E-state index is 10.6. The molecular weight excluding hydrogens is 180 g/mol. The van der Waals surface area contributed by atoms with E-state index in [0.717, 1.165) is 26.1 Å². The summed E-state index contributed by atoms with van der Waals surface area (Å²) in [4.78, 5) is 23.0. The molecule has 78 valence electrons. The summed E-state index contributed by atoms with van der Waals surface area (Å²) in [5, 5.41) is 2.75. The van der Waals surface area contributed by atoms with Crippen LogP contribution < -0.4 is 5.32 Å². The Labute approximate surface area is 84.0 Å². The first-order valence-corrected chi connectivity index (χ1v) is 4.90. The lowest BCUT2D eigenvalue weighted by Crippen LogP contribution is -2.32. The highest BCUT2D eigenvalue weighted by atomic mass is 16.1. The van der Waals surface area contributed by atoms with Crippen molar-refractivity contribution < 1.29 is 9.59 Å². The molecule has 1 amide bonds. The van der Waals surface area contributed by atoms with Crippen LogP contribution in [0, 0.1) is 5.92 Å². The molecule has 0 aliphatic carbocycles. The topological polar surface area (TPSA) is 49.4 Å². The molecule has 14 heavy (non-hydrogen) atoms. The fraction of sp³-hybridized carbons (Fsp3) is 0.700. The van der Waals surface area contributed by atoms with Gasteiger partial charge in [0, 0.05) is 38.6 Å². The molecule has 1 rings (SSSR count). The zero-order valence-corrected chi connectivity index (χ0v) is 8.45. The van der Waals surface area contributed by atoms with Gasteiger partial charge in [-0.3, -0.25) is 4.79 Å². The van der Waals surface area contributed by atoms with Crippen LogP contribution >= 0.6 is 0 Å². The number of rotatable bonds is 4. The van der Waals surface area contributed by atoms with Gasteiger partial charge in [0.05, 0.1) is 0 Å². The molecule has 0 aromatic carbocycles. The Morgan fingerprint density at radius 3 is 3.14 bits per heavy atom. The van der Waals surface area contributed by atoms with Gasteiger partial charge in [0.2, 0.25) is 5.91 Å². The molecule has 0 radical (unpaired) electrons. The standard InChI is InChI=1S/C10H16N2O2/c1-9(14)11-4-6-12-5-2-10(8-12)3-7-13/h3,10H,2,4-6,8H2,1H3,(H,11,14). The zero-order chi connectivity index (χ0) is 10.4. The average Bonchev–Trinajstić information content (AvgIpc) is 2.53. The Hall–Kier alpha value is -1.12. The summed E-state index contributed by atoms with van der Waals surface area (Å²) < 4.78 is 0. The van der Waals surface area contributed by atoms with E-state index in [1.165, 1.54) is 6.92 Å². The number of carbonyl (C=O) groups excluding carboxylic acids is 2. The minimum atomic E-state index is 0.00790. The summed E-state index contributed by atoms with van der Waals surface area (Å²) in [6.45, 7) is 4.98. The van der Waals surface area contributed by atoms with Crippen LogP contribution in [0.1, 0.15) is 13.3 Å². The van der Waals surface area contributed by atoms with Crippen molar-refractivity contribution in [1.29, 1.82) is 0 Å². The first kappa shape index (κ1) is 11.0. The van der Waals surface area contributed by atoms with E-state index in [2.05, 4.69) is 10.2 Å². The zero-order valence-electron chi connectivity index (χ0n) is 8.45. The highest BCUT2D eigenvalue weighted by molar-refractivity contribution is 5.72. The molecule has 1 unspecified atom stereocenters. The molecule has 1 fully saturated rings. The predicted octanol–water partition coefficient (Wildman–Crippen LogP) is -0.168. The third-order valence-corrected chi connectivity index (χ3v) is 2.41. The number of hydrogen-bond donors (Lipinski definition) is 1. The van der Waals surface area contributed by atoms with E-state index < -0.39 is 0 Å². The molecule has 1 aliphatic rings. The highest BCUT2D eigenvalue weighted by Gasteiger charge is 2.19. The Morgan fingerprint density at radius 1 is 1.71 bits per heavy atom. The van der Waals surface area contributed by atoms with Gasteiger partial charge >= 0.3 is 0 Å². The van der Waals surface area contributed by atoms with Crippen molar-refractivity contribution >= 4 is 11.8 Å².